The molecule has 0 aromatic rings. The van der Waals surface area contributed by atoms with E-state index in [0.29, 0.717) is 0 Å². The molecule has 0 aromatic heterocycles. The lowest BCUT2D eigenvalue weighted by molar-refractivity contribution is -0.117. The number of allylic oxidation sites excluding steroid dienone is 1. The monoisotopic (exact) mass is 251 g/mol. The second-order valence-electron chi connectivity index (χ2n) is 2.36. The summed E-state index contributed by atoms with van der Waals surface area (Å²) in [6.07, 6.45) is 4.00. The van der Waals surface area contributed by atoms with E-state index in [1.54, 1.807) is 0 Å². The van der Waals surface area contributed by atoms with Gasteiger partial charge in [0.25, 0.3) is 0 Å². The molecule has 0 spiro atoms. The minimum Gasteiger partial charge on any atom is -0.341 e. The van der Waals surface area contributed by atoms with E-state index < -0.39 is 0 Å². The SMILES string of the molecule is CC(I)NC(=O)C1=CCC1. The van der Waals surface area contributed by atoms with Gasteiger partial charge in [-0.05, 0) is 19.8 Å². The summed E-state index contributed by atoms with van der Waals surface area (Å²) in [4.78, 5) is 11.1. The molecule has 0 heterocycles. The number of rotatable bonds is 2. The van der Waals surface area contributed by atoms with Crippen LogP contribution in [0.4, 0.5) is 0 Å². The van der Waals surface area contributed by atoms with Gasteiger partial charge in [0.2, 0.25) is 5.91 Å². The molecule has 56 valence electrons. The standard InChI is InChI=1S/C7H10INO/c1-5(8)9-7(10)6-3-2-4-6/h3,5H,2,4H2,1H3,(H,9,10). The van der Waals surface area contributed by atoms with Crippen molar-refractivity contribution >= 4 is 28.5 Å². The molecule has 1 unspecified atom stereocenters. The third kappa shape index (κ3) is 1.97. The van der Waals surface area contributed by atoms with Crippen molar-refractivity contribution in [2.75, 3.05) is 0 Å². The van der Waals surface area contributed by atoms with Gasteiger partial charge < -0.3 is 5.32 Å². The van der Waals surface area contributed by atoms with Crippen molar-refractivity contribution in [3.05, 3.63) is 11.6 Å². The van der Waals surface area contributed by atoms with Crippen molar-refractivity contribution in [3.63, 3.8) is 0 Å². The third-order valence-electron chi connectivity index (χ3n) is 1.43. The predicted octanol–water partition coefficient (Wildman–Crippen LogP) is 1.60. The maximum Gasteiger partial charge on any atom is 0.247 e. The van der Waals surface area contributed by atoms with Gasteiger partial charge >= 0.3 is 0 Å². The topological polar surface area (TPSA) is 29.1 Å². The molecule has 3 heteroatoms. The van der Waals surface area contributed by atoms with Gasteiger partial charge in [-0.25, -0.2) is 0 Å². The van der Waals surface area contributed by atoms with Crippen LogP contribution in [0.3, 0.4) is 0 Å². The van der Waals surface area contributed by atoms with Crippen molar-refractivity contribution in [1.29, 1.82) is 0 Å². The average molecular weight is 251 g/mol. The largest absolute Gasteiger partial charge is 0.341 e. The van der Waals surface area contributed by atoms with E-state index in [1.165, 1.54) is 0 Å². The zero-order valence-corrected chi connectivity index (χ0v) is 8.01. The zero-order chi connectivity index (χ0) is 7.56. The fraction of sp³-hybridized carbons (Fsp3) is 0.571. The highest BCUT2D eigenvalue weighted by Crippen LogP contribution is 2.17. The molecule has 10 heavy (non-hydrogen) atoms. The lowest BCUT2D eigenvalue weighted by Crippen LogP contribution is -2.30. The van der Waals surface area contributed by atoms with Gasteiger partial charge in [-0.15, -0.1) is 0 Å². The Balaban J connectivity index is 2.35. The van der Waals surface area contributed by atoms with Crippen molar-refractivity contribution in [3.8, 4) is 0 Å². The fourth-order valence-electron chi connectivity index (χ4n) is 0.768. The van der Waals surface area contributed by atoms with E-state index in [9.17, 15) is 4.79 Å². The molecule has 0 saturated heterocycles. The molecule has 1 atom stereocenters. The van der Waals surface area contributed by atoms with Crippen LogP contribution in [0.15, 0.2) is 11.6 Å². The number of halogens is 1. The second-order valence-corrected chi connectivity index (χ2v) is 4.23. The predicted molar refractivity (Wildman–Crippen MR) is 48.9 cm³/mol. The molecular formula is C7H10INO. The van der Waals surface area contributed by atoms with Crippen LogP contribution in [0.5, 0.6) is 0 Å². The van der Waals surface area contributed by atoms with E-state index in [0.717, 1.165) is 18.4 Å². The second kappa shape index (κ2) is 3.37. The van der Waals surface area contributed by atoms with Gasteiger partial charge in [0.1, 0.15) is 0 Å². The van der Waals surface area contributed by atoms with Gasteiger partial charge in [0.05, 0.1) is 4.05 Å². The van der Waals surface area contributed by atoms with Crippen LogP contribution < -0.4 is 5.32 Å². The number of carbonyl (C=O) groups excluding carboxylic acids is 1. The Hall–Kier alpha value is -0.0600. The van der Waals surface area contributed by atoms with Crippen molar-refractivity contribution < 1.29 is 4.79 Å². The van der Waals surface area contributed by atoms with Gasteiger partial charge in [0, 0.05) is 5.57 Å². The molecule has 2 nitrogen and oxygen atoms in total. The number of amides is 1. The summed E-state index contributed by atoms with van der Waals surface area (Å²) in [5, 5.41) is 2.82. The van der Waals surface area contributed by atoms with Crippen LogP contribution in [-0.2, 0) is 4.79 Å². The van der Waals surface area contributed by atoms with E-state index in [1.807, 2.05) is 13.0 Å². The van der Waals surface area contributed by atoms with E-state index in [2.05, 4.69) is 27.9 Å². The van der Waals surface area contributed by atoms with Crippen LogP contribution in [0, 0.1) is 0 Å². The summed E-state index contributed by atoms with van der Waals surface area (Å²) in [6, 6.07) is 0. The summed E-state index contributed by atoms with van der Waals surface area (Å²) in [5.41, 5.74) is 0.948. The van der Waals surface area contributed by atoms with E-state index >= 15 is 0 Å². The molecule has 1 aliphatic carbocycles. The number of nitrogens with one attached hydrogen (secondary N) is 1. The maximum absolute atomic E-state index is 11.1. The Morgan fingerprint density at radius 1 is 1.90 bits per heavy atom. The first-order valence-corrected chi connectivity index (χ1v) is 4.58. The van der Waals surface area contributed by atoms with Crippen molar-refractivity contribution in [2.45, 2.75) is 23.8 Å². The molecule has 1 rings (SSSR count). The fourth-order valence-corrected chi connectivity index (χ4v) is 1.05. The first kappa shape index (κ1) is 8.04. The van der Waals surface area contributed by atoms with Gasteiger partial charge in [-0.2, -0.15) is 0 Å². The number of alkyl halides is 1. The lowest BCUT2D eigenvalue weighted by Gasteiger charge is -2.14. The van der Waals surface area contributed by atoms with E-state index in [-0.39, 0.29) is 9.96 Å². The van der Waals surface area contributed by atoms with E-state index in [4.69, 9.17) is 0 Å². The molecule has 1 aliphatic rings. The molecule has 0 bridgehead atoms. The Morgan fingerprint density at radius 2 is 2.50 bits per heavy atom. The summed E-state index contributed by atoms with van der Waals surface area (Å²) >= 11 is 2.17. The molecule has 0 radical (unpaired) electrons. The van der Waals surface area contributed by atoms with Gasteiger partial charge in [-0.1, -0.05) is 28.7 Å². The van der Waals surface area contributed by atoms with Crippen LogP contribution in [0.25, 0.3) is 0 Å². The minimum atomic E-state index is 0.105. The molecule has 0 aromatic carbocycles. The molecule has 0 fully saturated rings. The van der Waals surface area contributed by atoms with Crippen molar-refractivity contribution in [2.24, 2.45) is 0 Å². The number of hydrogen-bond donors (Lipinski definition) is 1. The smallest absolute Gasteiger partial charge is 0.247 e. The Kier molecular flexibility index (Phi) is 2.71. The van der Waals surface area contributed by atoms with Crippen LogP contribution in [0.1, 0.15) is 19.8 Å². The Labute approximate surface area is 74.2 Å². The lowest BCUT2D eigenvalue weighted by atomic mass is 9.98. The Morgan fingerprint density at radius 3 is 2.80 bits per heavy atom. The zero-order valence-electron chi connectivity index (χ0n) is 5.86. The Bertz CT molecular complexity index is 174. The summed E-state index contributed by atoms with van der Waals surface area (Å²) in [6.45, 7) is 1.96. The molecule has 1 N–H and O–H groups in total. The highest BCUT2D eigenvalue weighted by Gasteiger charge is 2.14. The molecular weight excluding hydrogens is 241 g/mol. The summed E-state index contributed by atoms with van der Waals surface area (Å²) in [7, 11) is 0. The van der Waals surface area contributed by atoms with Gasteiger partial charge in [0.15, 0.2) is 0 Å². The summed E-state index contributed by atoms with van der Waals surface area (Å²) < 4.78 is 0.228. The van der Waals surface area contributed by atoms with Crippen LogP contribution in [0.2, 0.25) is 0 Å². The van der Waals surface area contributed by atoms with Crippen LogP contribution in [-0.4, -0.2) is 9.96 Å². The first-order valence-electron chi connectivity index (χ1n) is 3.34. The molecule has 0 saturated carbocycles. The van der Waals surface area contributed by atoms with Gasteiger partial charge in [-0.3, -0.25) is 4.79 Å². The number of hydrogen-bond acceptors (Lipinski definition) is 1. The maximum atomic E-state index is 11.1. The molecule has 1 amide bonds. The highest BCUT2D eigenvalue weighted by molar-refractivity contribution is 14.1. The highest BCUT2D eigenvalue weighted by atomic mass is 127. The first-order chi connectivity index (χ1) is 4.70. The summed E-state index contributed by atoms with van der Waals surface area (Å²) in [5.74, 6) is 0.105. The minimum absolute atomic E-state index is 0.105. The normalized spacial score (nSPS) is 18.8. The number of carbonyl (C=O) groups is 1. The van der Waals surface area contributed by atoms with Crippen LogP contribution >= 0.6 is 22.6 Å². The third-order valence-corrected chi connectivity index (χ3v) is 1.74. The van der Waals surface area contributed by atoms with Crippen molar-refractivity contribution in [1.82, 2.24) is 5.32 Å². The average Bonchev–Trinajstić information content (AvgIpc) is 1.55. The molecule has 0 aliphatic heterocycles. The quantitative estimate of drug-likeness (QED) is 0.451.